The fourth-order valence-corrected chi connectivity index (χ4v) is 1.05. The van der Waals surface area contributed by atoms with Crippen LogP contribution in [0.25, 0.3) is 0 Å². The summed E-state index contributed by atoms with van der Waals surface area (Å²) in [7, 11) is 1.32. The van der Waals surface area contributed by atoms with E-state index in [1.54, 1.807) is 31.2 Å². The van der Waals surface area contributed by atoms with Crippen LogP contribution < -0.4 is 4.74 Å². The Morgan fingerprint density at radius 1 is 1.40 bits per heavy atom. The van der Waals surface area contributed by atoms with E-state index in [0.717, 1.165) is 5.56 Å². The molecule has 3 nitrogen and oxygen atoms in total. The lowest BCUT2D eigenvalue weighted by atomic mass is 10.2. The van der Waals surface area contributed by atoms with Crippen molar-refractivity contribution in [2.45, 2.75) is 13.0 Å². The van der Waals surface area contributed by atoms with Gasteiger partial charge in [0.1, 0.15) is 5.75 Å². The maximum atomic E-state index is 11.1. The zero-order valence-corrected chi connectivity index (χ0v) is 8.69. The Bertz CT molecular complexity index is 373. The number of carbonyl (C=O) groups is 1. The fourth-order valence-electron chi connectivity index (χ4n) is 1.05. The Labute approximate surface area is 89.0 Å². The average Bonchev–Trinajstić information content (AvgIpc) is 2.29. The molecule has 0 N–H and O–H groups in total. The van der Waals surface area contributed by atoms with Crippen molar-refractivity contribution in [1.29, 1.82) is 0 Å². The number of carbonyl (C=O) groups excluding carboxylic acids is 1. The Hall–Kier alpha value is -1.95. The molecule has 0 unspecified atom stereocenters. The van der Waals surface area contributed by atoms with Gasteiger partial charge in [0.25, 0.3) is 0 Å². The second-order valence-electron chi connectivity index (χ2n) is 2.95. The molecule has 0 fully saturated rings. The molecule has 3 heteroatoms. The smallest absolute Gasteiger partial charge is 0.346 e. The SMILES string of the molecule is C#Cc1ccc(O[C@@H](C)C(=O)OC)cc1. The van der Waals surface area contributed by atoms with Crippen LogP contribution in [-0.2, 0) is 9.53 Å². The van der Waals surface area contributed by atoms with Crippen molar-refractivity contribution < 1.29 is 14.3 Å². The third-order valence-corrected chi connectivity index (χ3v) is 1.87. The first kappa shape index (κ1) is 11.1. The molecule has 1 atom stereocenters. The minimum atomic E-state index is -0.619. The highest BCUT2D eigenvalue weighted by Crippen LogP contribution is 2.13. The quantitative estimate of drug-likeness (QED) is 0.554. The first-order valence-corrected chi connectivity index (χ1v) is 4.48. The predicted octanol–water partition coefficient (Wildman–Crippen LogP) is 1.61. The van der Waals surface area contributed by atoms with Crippen LogP contribution in [-0.4, -0.2) is 19.2 Å². The molecule has 0 spiro atoms. The van der Waals surface area contributed by atoms with Crippen LogP contribution in [0.5, 0.6) is 5.75 Å². The Morgan fingerprint density at radius 2 is 2.00 bits per heavy atom. The van der Waals surface area contributed by atoms with E-state index >= 15 is 0 Å². The van der Waals surface area contributed by atoms with Gasteiger partial charge in [-0.2, -0.15) is 0 Å². The molecule has 78 valence electrons. The topological polar surface area (TPSA) is 35.5 Å². The van der Waals surface area contributed by atoms with Gasteiger partial charge in [0.2, 0.25) is 0 Å². The van der Waals surface area contributed by atoms with Crippen LogP contribution in [0.1, 0.15) is 12.5 Å². The summed E-state index contributed by atoms with van der Waals surface area (Å²) < 4.78 is 9.86. The summed E-state index contributed by atoms with van der Waals surface area (Å²) in [6, 6.07) is 6.93. The second-order valence-corrected chi connectivity index (χ2v) is 2.95. The van der Waals surface area contributed by atoms with Gasteiger partial charge in [-0.25, -0.2) is 4.79 Å². The molecule has 0 saturated carbocycles. The number of terminal acetylenes is 1. The minimum absolute atomic E-state index is 0.406. The summed E-state index contributed by atoms with van der Waals surface area (Å²) in [6.45, 7) is 1.63. The van der Waals surface area contributed by atoms with Crippen LogP contribution in [0.2, 0.25) is 0 Å². The monoisotopic (exact) mass is 204 g/mol. The highest BCUT2D eigenvalue weighted by Gasteiger charge is 2.14. The van der Waals surface area contributed by atoms with E-state index in [1.807, 2.05) is 0 Å². The van der Waals surface area contributed by atoms with E-state index in [4.69, 9.17) is 11.2 Å². The molecular formula is C12H12O3. The molecule has 1 aromatic carbocycles. The molecule has 1 rings (SSSR count). The number of hydrogen-bond donors (Lipinski definition) is 0. The van der Waals surface area contributed by atoms with E-state index in [-0.39, 0.29) is 0 Å². The van der Waals surface area contributed by atoms with Crippen molar-refractivity contribution in [2.24, 2.45) is 0 Å². The van der Waals surface area contributed by atoms with E-state index in [2.05, 4.69) is 10.7 Å². The molecule has 0 aromatic heterocycles. The van der Waals surface area contributed by atoms with Crippen molar-refractivity contribution in [3.63, 3.8) is 0 Å². The van der Waals surface area contributed by atoms with Gasteiger partial charge in [0, 0.05) is 5.56 Å². The summed E-state index contributed by atoms with van der Waals surface area (Å²) in [4.78, 5) is 11.1. The highest BCUT2D eigenvalue weighted by molar-refractivity contribution is 5.74. The standard InChI is InChI=1S/C12H12O3/c1-4-10-5-7-11(8-6-10)15-9(2)12(13)14-3/h1,5-9H,2-3H3/t9-/m0/s1. The largest absolute Gasteiger partial charge is 0.479 e. The summed E-state index contributed by atoms with van der Waals surface area (Å²) in [5.41, 5.74) is 0.771. The van der Waals surface area contributed by atoms with Gasteiger partial charge in [-0.05, 0) is 31.2 Å². The number of hydrogen-bond acceptors (Lipinski definition) is 3. The Balaban J connectivity index is 2.66. The minimum Gasteiger partial charge on any atom is -0.479 e. The number of benzene rings is 1. The van der Waals surface area contributed by atoms with Crippen LogP contribution >= 0.6 is 0 Å². The number of ether oxygens (including phenoxy) is 2. The van der Waals surface area contributed by atoms with Gasteiger partial charge < -0.3 is 9.47 Å². The second kappa shape index (κ2) is 5.06. The summed E-state index contributed by atoms with van der Waals surface area (Å²) in [5, 5.41) is 0. The maximum absolute atomic E-state index is 11.1. The van der Waals surface area contributed by atoms with Gasteiger partial charge in [0.15, 0.2) is 6.10 Å². The summed E-state index contributed by atoms with van der Waals surface area (Å²) in [6.07, 6.45) is 4.59. The Kier molecular flexibility index (Phi) is 3.75. The van der Waals surface area contributed by atoms with Crippen LogP contribution in [0.15, 0.2) is 24.3 Å². The molecule has 0 aliphatic carbocycles. The molecule has 0 amide bonds. The molecule has 0 aliphatic rings. The van der Waals surface area contributed by atoms with Crippen molar-refractivity contribution in [1.82, 2.24) is 0 Å². The normalized spacial score (nSPS) is 11.3. The van der Waals surface area contributed by atoms with Gasteiger partial charge in [-0.3, -0.25) is 0 Å². The van der Waals surface area contributed by atoms with Gasteiger partial charge >= 0.3 is 5.97 Å². The Morgan fingerprint density at radius 3 is 2.47 bits per heavy atom. The van der Waals surface area contributed by atoms with Gasteiger partial charge in [-0.1, -0.05) is 5.92 Å². The number of esters is 1. The number of methoxy groups -OCH3 is 1. The van der Waals surface area contributed by atoms with Crippen molar-refractivity contribution in [2.75, 3.05) is 7.11 Å². The average molecular weight is 204 g/mol. The van der Waals surface area contributed by atoms with Crippen LogP contribution in [0, 0.1) is 12.3 Å². The molecule has 1 aromatic rings. The first-order valence-electron chi connectivity index (χ1n) is 4.48. The van der Waals surface area contributed by atoms with Crippen molar-refractivity contribution >= 4 is 5.97 Å². The van der Waals surface area contributed by atoms with E-state index in [1.165, 1.54) is 7.11 Å². The third-order valence-electron chi connectivity index (χ3n) is 1.87. The van der Waals surface area contributed by atoms with Crippen molar-refractivity contribution in [3.8, 4) is 18.1 Å². The fraction of sp³-hybridized carbons (Fsp3) is 0.250. The van der Waals surface area contributed by atoms with E-state index in [0.29, 0.717) is 5.75 Å². The van der Waals surface area contributed by atoms with Gasteiger partial charge in [-0.15, -0.1) is 6.42 Å². The molecule has 15 heavy (non-hydrogen) atoms. The summed E-state index contributed by atoms with van der Waals surface area (Å²) >= 11 is 0. The molecule has 0 aliphatic heterocycles. The molecule has 0 heterocycles. The lowest BCUT2D eigenvalue weighted by molar-refractivity contribution is -0.147. The van der Waals surface area contributed by atoms with Crippen LogP contribution in [0.4, 0.5) is 0 Å². The van der Waals surface area contributed by atoms with Gasteiger partial charge in [0.05, 0.1) is 7.11 Å². The molecule has 0 saturated heterocycles. The zero-order valence-electron chi connectivity index (χ0n) is 8.69. The van der Waals surface area contributed by atoms with E-state index < -0.39 is 12.1 Å². The van der Waals surface area contributed by atoms with Crippen molar-refractivity contribution in [3.05, 3.63) is 29.8 Å². The molecule has 0 radical (unpaired) electrons. The number of rotatable bonds is 3. The van der Waals surface area contributed by atoms with Crippen LogP contribution in [0.3, 0.4) is 0 Å². The first-order chi connectivity index (χ1) is 7.17. The predicted molar refractivity (Wildman–Crippen MR) is 56.5 cm³/mol. The van der Waals surface area contributed by atoms with E-state index in [9.17, 15) is 4.79 Å². The third kappa shape index (κ3) is 3.03. The molecule has 0 bridgehead atoms. The maximum Gasteiger partial charge on any atom is 0.346 e. The highest BCUT2D eigenvalue weighted by atomic mass is 16.6. The lowest BCUT2D eigenvalue weighted by Crippen LogP contribution is -2.24. The lowest BCUT2D eigenvalue weighted by Gasteiger charge is -2.11. The summed E-state index contributed by atoms with van der Waals surface area (Å²) in [5.74, 6) is 2.68. The molecular weight excluding hydrogens is 192 g/mol. The zero-order chi connectivity index (χ0) is 11.3.